The van der Waals surface area contributed by atoms with Crippen LogP contribution in [0.2, 0.25) is 0 Å². The third-order valence-corrected chi connectivity index (χ3v) is 6.78. The smallest absolute Gasteiger partial charge is 0.406 e. The van der Waals surface area contributed by atoms with Gasteiger partial charge in [0.25, 0.3) is 0 Å². The predicted molar refractivity (Wildman–Crippen MR) is 129 cm³/mol. The lowest BCUT2D eigenvalue weighted by atomic mass is 9.99. The fourth-order valence-electron chi connectivity index (χ4n) is 4.82. The molecule has 4 rings (SSSR count). The molecule has 8 nitrogen and oxygen atoms in total. The van der Waals surface area contributed by atoms with Gasteiger partial charge in [0.15, 0.2) is 5.82 Å². The fourth-order valence-corrected chi connectivity index (χ4v) is 4.82. The van der Waals surface area contributed by atoms with E-state index in [1.54, 1.807) is 31.3 Å². The van der Waals surface area contributed by atoms with Gasteiger partial charge in [0, 0.05) is 38.3 Å². The van der Waals surface area contributed by atoms with Crippen LogP contribution in [0.25, 0.3) is 11.0 Å². The summed E-state index contributed by atoms with van der Waals surface area (Å²) in [7, 11) is 1.62. The highest BCUT2D eigenvalue weighted by Crippen LogP contribution is 2.33. The first-order valence-corrected chi connectivity index (χ1v) is 11.7. The van der Waals surface area contributed by atoms with Gasteiger partial charge in [0.1, 0.15) is 23.0 Å². The number of nitriles is 1. The van der Waals surface area contributed by atoms with Crippen molar-refractivity contribution in [2.24, 2.45) is 7.05 Å². The van der Waals surface area contributed by atoms with Crippen LogP contribution in [0.4, 0.5) is 19.0 Å². The topological polar surface area (TPSA) is 87.3 Å². The van der Waals surface area contributed by atoms with E-state index in [4.69, 9.17) is 0 Å². The van der Waals surface area contributed by atoms with Crippen LogP contribution in [0.15, 0.2) is 41.2 Å². The highest BCUT2D eigenvalue weighted by atomic mass is 19.4. The Labute approximate surface area is 206 Å². The van der Waals surface area contributed by atoms with E-state index in [2.05, 4.69) is 38.4 Å². The van der Waals surface area contributed by atoms with Gasteiger partial charge < -0.3 is 9.64 Å². The molecule has 1 aliphatic heterocycles. The Morgan fingerprint density at radius 1 is 1.17 bits per heavy atom. The van der Waals surface area contributed by atoms with Crippen molar-refractivity contribution in [1.82, 2.24) is 19.4 Å². The van der Waals surface area contributed by atoms with E-state index in [0.29, 0.717) is 29.9 Å². The molecule has 190 valence electrons. The zero-order valence-electron chi connectivity index (χ0n) is 20.5. The average Bonchev–Trinajstić information content (AvgIpc) is 2.84. The minimum Gasteiger partial charge on any atom is -0.406 e. The summed E-state index contributed by atoms with van der Waals surface area (Å²) in [4.78, 5) is 25.8. The second-order valence-electron chi connectivity index (χ2n) is 9.01. The third-order valence-electron chi connectivity index (χ3n) is 6.78. The summed E-state index contributed by atoms with van der Waals surface area (Å²) < 4.78 is 42.9. The van der Waals surface area contributed by atoms with Crippen LogP contribution >= 0.6 is 0 Å². The SMILES string of the molecule is CC[C@H]1CN(C(C)c2ccc(OC(F)(F)F)cc2)[C@H](C)CN1c1nc(=O)n(C)c2ccc(C#N)nc12. The lowest BCUT2D eigenvalue weighted by molar-refractivity contribution is -0.274. The second-order valence-corrected chi connectivity index (χ2v) is 9.01. The number of ether oxygens (including phenoxy) is 1. The van der Waals surface area contributed by atoms with E-state index in [9.17, 15) is 23.2 Å². The van der Waals surface area contributed by atoms with Gasteiger partial charge in [0.05, 0.1) is 5.52 Å². The lowest BCUT2D eigenvalue weighted by Gasteiger charge is -2.48. The van der Waals surface area contributed by atoms with Crippen molar-refractivity contribution < 1.29 is 17.9 Å². The summed E-state index contributed by atoms with van der Waals surface area (Å²) in [6, 6.07) is 11.3. The number of fused-ring (bicyclic) bond motifs is 1. The molecule has 3 atom stereocenters. The molecule has 2 aromatic heterocycles. The lowest BCUT2D eigenvalue weighted by Crippen LogP contribution is -2.58. The second kappa shape index (κ2) is 9.78. The summed E-state index contributed by atoms with van der Waals surface area (Å²) in [5, 5.41) is 9.35. The summed E-state index contributed by atoms with van der Waals surface area (Å²) >= 11 is 0. The van der Waals surface area contributed by atoms with Gasteiger partial charge in [-0.3, -0.25) is 9.47 Å². The molecule has 0 spiro atoms. The van der Waals surface area contributed by atoms with E-state index >= 15 is 0 Å². The quantitative estimate of drug-likeness (QED) is 0.520. The van der Waals surface area contributed by atoms with Crippen LogP contribution in [0.1, 0.15) is 44.5 Å². The molecule has 0 aliphatic carbocycles. The molecule has 1 saturated heterocycles. The van der Waals surface area contributed by atoms with Crippen LogP contribution in [0.3, 0.4) is 0 Å². The van der Waals surface area contributed by atoms with E-state index in [1.807, 2.05) is 13.0 Å². The van der Waals surface area contributed by atoms with Crippen molar-refractivity contribution in [1.29, 1.82) is 5.26 Å². The summed E-state index contributed by atoms with van der Waals surface area (Å²) in [5.74, 6) is 0.209. The van der Waals surface area contributed by atoms with Crippen molar-refractivity contribution in [3.63, 3.8) is 0 Å². The average molecular weight is 501 g/mol. The monoisotopic (exact) mass is 500 g/mol. The van der Waals surface area contributed by atoms with Gasteiger partial charge in [-0.2, -0.15) is 10.2 Å². The highest BCUT2D eigenvalue weighted by Gasteiger charge is 2.36. The van der Waals surface area contributed by atoms with E-state index in [-0.39, 0.29) is 29.6 Å². The Kier molecular flexibility index (Phi) is 6.91. The fraction of sp³-hybridized carbons (Fsp3) is 0.440. The number of hydrogen-bond donors (Lipinski definition) is 0. The zero-order chi connectivity index (χ0) is 26.2. The molecule has 36 heavy (non-hydrogen) atoms. The zero-order valence-corrected chi connectivity index (χ0v) is 20.5. The molecule has 0 bridgehead atoms. The number of nitrogens with zero attached hydrogens (tertiary/aromatic N) is 6. The van der Waals surface area contributed by atoms with Crippen LogP contribution < -0.4 is 15.3 Å². The Morgan fingerprint density at radius 3 is 2.47 bits per heavy atom. The van der Waals surface area contributed by atoms with Gasteiger partial charge in [-0.15, -0.1) is 13.2 Å². The first kappa shape index (κ1) is 25.4. The molecule has 3 aromatic rings. The molecule has 0 radical (unpaired) electrons. The van der Waals surface area contributed by atoms with Gasteiger partial charge in [-0.25, -0.2) is 9.78 Å². The van der Waals surface area contributed by atoms with Crippen molar-refractivity contribution >= 4 is 16.9 Å². The molecule has 0 amide bonds. The number of aryl methyl sites for hydroxylation is 1. The van der Waals surface area contributed by atoms with Crippen molar-refractivity contribution in [3.8, 4) is 11.8 Å². The molecule has 11 heteroatoms. The number of benzene rings is 1. The minimum atomic E-state index is -4.73. The van der Waals surface area contributed by atoms with Gasteiger partial charge in [-0.05, 0) is 50.1 Å². The first-order chi connectivity index (χ1) is 17.0. The number of halogens is 3. The van der Waals surface area contributed by atoms with Crippen LogP contribution in [0.5, 0.6) is 5.75 Å². The summed E-state index contributed by atoms with van der Waals surface area (Å²) in [6.07, 6.45) is -3.96. The molecular weight excluding hydrogens is 473 g/mol. The van der Waals surface area contributed by atoms with E-state index in [1.165, 1.54) is 16.7 Å². The first-order valence-electron chi connectivity index (χ1n) is 11.7. The largest absolute Gasteiger partial charge is 0.573 e. The summed E-state index contributed by atoms with van der Waals surface area (Å²) in [6.45, 7) is 7.35. The number of anilines is 1. The summed E-state index contributed by atoms with van der Waals surface area (Å²) in [5.41, 5.74) is 1.82. The maximum atomic E-state index is 12.6. The van der Waals surface area contributed by atoms with Crippen LogP contribution in [-0.4, -0.2) is 51.0 Å². The van der Waals surface area contributed by atoms with Crippen molar-refractivity contribution in [2.45, 2.75) is 51.7 Å². The maximum absolute atomic E-state index is 12.6. The standard InChI is InChI=1S/C25H27F3N6O2/c1-5-19-14-33(16(3)17-6-9-20(10-7-17)36-25(26,27)28)15(2)13-34(19)23-22-21(32(4)24(35)31-23)11-8-18(12-29)30-22/h6-11,15-16,19H,5,13-14H2,1-4H3/t15-,16?,19+/m1/s1. The Balaban J connectivity index is 1.63. The number of pyridine rings is 1. The van der Waals surface area contributed by atoms with Crippen LogP contribution in [-0.2, 0) is 7.05 Å². The number of aromatic nitrogens is 3. The molecule has 1 aromatic carbocycles. The minimum absolute atomic E-state index is 0.00633. The highest BCUT2D eigenvalue weighted by molar-refractivity contribution is 5.86. The number of hydrogen-bond acceptors (Lipinski definition) is 7. The molecule has 1 fully saturated rings. The molecule has 1 aliphatic rings. The van der Waals surface area contributed by atoms with Gasteiger partial charge in [0.2, 0.25) is 0 Å². The van der Waals surface area contributed by atoms with E-state index in [0.717, 1.165) is 12.0 Å². The molecule has 3 heterocycles. The Hall–Kier alpha value is -3.65. The Bertz CT molecular complexity index is 1350. The Morgan fingerprint density at radius 2 is 1.86 bits per heavy atom. The molecule has 0 saturated carbocycles. The van der Waals surface area contributed by atoms with Crippen molar-refractivity contribution in [3.05, 3.63) is 58.1 Å². The molecule has 0 N–H and O–H groups in total. The van der Waals surface area contributed by atoms with Gasteiger partial charge >= 0.3 is 12.1 Å². The number of rotatable bonds is 5. The molecular formula is C25H27F3N6O2. The van der Waals surface area contributed by atoms with Gasteiger partial charge in [-0.1, -0.05) is 19.1 Å². The van der Waals surface area contributed by atoms with Crippen LogP contribution in [0, 0.1) is 11.3 Å². The normalized spacial score (nSPS) is 19.8. The molecule has 1 unspecified atom stereocenters. The third kappa shape index (κ3) is 4.99. The van der Waals surface area contributed by atoms with E-state index < -0.39 is 12.1 Å². The number of piperazine rings is 1. The predicted octanol–water partition coefficient (Wildman–Crippen LogP) is 4.15. The number of alkyl halides is 3. The maximum Gasteiger partial charge on any atom is 0.573 e. The van der Waals surface area contributed by atoms with Crippen molar-refractivity contribution in [2.75, 3.05) is 18.0 Å².